The summed E-state index contributed by atoms with van der Waals surface area (Å²) in [5.74, 6) is -0.916. The molecule has 2 fully saturated rings. The quantitative estimate of drug-likeness (QED) is 0.596. The fourth-order valence-electron chi connectivity index (χ4n) is 4.33. The van der Waals surface area contributed by atoms with Crippen molar-refractivity contribution >= 4 is 40.2 Å². The number of hydrogen-bond acceptors (Lipinski definition) is 2. The number of carbonyl (C=O) groups excluding carboxylic acids is 1. The molecule has 0 unspecified atom stereocenters. The zero-order chi connectivity index (χ0) is 15.4. The molecule has 4 aliphatic rings. The lowest BCUT2D eigenvalue weighted by Gasteiger charge is -2.41. The lowest BCUT2D eigenvalue weighted by Crippen LogP contribution is -2.48. The summed E-state index contributed by atoms with van der Waals surface area (Å²) < 4.78 is 1.10. The van der Waals surface area contributed by atoms with Crippen LogP contribution in [-0.4, -0.2) is 17.0 Å². The first-order chi connectivity index (χ1) is 10.6. The van der Waals surface area contributed by atoms with Crippen molar-refractivity contribution in [2.45, 2.75) is 6.42 Å². The highest BCUT2D eigenvalue weighted by atomic mass is 127. The number of amides is 1. The van der Waals surface area contributed by atoms with E-state index in [0.29, 0.717) is 11.8 Å². The number of fused-ring (bicyclic) bond motifs is 1. The third-order valence-corrected chi connectivity index (χ3v) is 6.07. The number of nitrogens with one attached hydrogen (secondary N) is 1. The van der Waals surface area contributed by atoms with Crippen molar-refractivity contribution < 1.29 is 14.7 Å². The average molecular weight is 409 g/mol. The summed E-state index contributed by atoms with van der Waals surface area (Å²) >= 11 is 2.21. The van der Waals surface area contributed by atoms with Gasteiger partial charge in [-0.15, -0.1) is 0 Å². The van der Waals surface area contributed by atoms with Gasteiger partial charge in [-0.1, -0.05) is 12.2 Å². The Morgan fingerprint density at radius 2 is 1.64 bits per heavy atom. The standard InChI is InChI=1S/C17H16INO3/c18-8-1-3-9(4-2-8)19-16(20)14-10-5-6-11(13-7-12(10)13)15(14)17(21)22/h1-6,10-15H,7H2,(H,19,20)(H,21,22)/t10-,11-,12-,13-,14-,15+/m0/s1. The zero-order valence-corrected chi connectivity index (χ0v) is 13.9. The molecule has 2 N–H and O–H groups in total. The first-order valence-electron chi connectivity index (χ1n) is 7.54. The molecule has 0 spiro atoms. The van der Waals surface area contributed by atoms with Gasteiger partial charge in [0.25, 0.3) is 0 Å². The summed E-state index contributed by atoms with van der Waals surface area (Å²) in [4.78, 5) is 24.4. The van der Waals surface area contributed by atoms with Gasteiger partial charge in [0.15, 0.2) is 0 Å². The van der Waals surface area contributed by atoms with E-state index in [4.69, 9.17) is 0 Å². The number of benzene rings is 1. The van der Waals surface area contributed by atoms with Crippen LogP contribution < -0.4 is 5.32 Å². The molecule has 6 atom stereocenters. The Balaban J connectivity index is 1.60. The van der Waals surface area contributed by atoms with E-state index in [0.717, 1.165) is 15.7 Å². The van der Waals surface area contributed by atoms with Gasteiger partial charge < -0.3 is 10.4 Å². The van der Waals surface area contributed by atoms with Crippen molar-refractivity contribution in [3.8, 4) is 0 Å². The summed E-state index contributed by atoms with van der Waals surface area (Å²) in [7, 11) is 0. The van der Waals surface area contributed by atoms with Crippen LogP contribution in [-0.2, 0) is 9.59 Å². The Morgan fingerprint density at radius 1 is 1.05 bits per heavy atom. The minimum atomic E-state index is -0.840. The molecule has 114 valence electrons. The zero-order valence-electron chi connectivity index (χ0n) is 11.8. The molecule has 1 amide bonds. The molecule has 2 bridgehead atoms. The number of carboxylic acids is 1. The number of halogens is 1. The van der Waals surface area contributed by atoms with Crippen molar-refractivity contribution in [2.75, 3.05) is 5.32 Å². The molecule has 22 heavy (non-hydrogen) atoms. The van der Waals surface area contributed by atoms with Gasteiger partial charge in [0.1, 0.15) is 0 Å². The lowest BCUT2D eigenvalue weighted by molar-refractivity contribution is -0.152. The molecule has 4 nitrogen and oxygen atoms in total. The van der Waals surface area contributed by atoms with Gasteiger partial charge in [-0.05, 0) is 76.9 Å². The summed E-state index contributed by atoms with van der Waals surface area (Å²) in [6.45, 7) is 0. The third kappa shape index (κ3) is 2.17. The van der Waals surface area contributed by atoms with Gasteiger partial charge in [-0.25, -0.2) is 0 Å². The fraction of sp³-hybridized carbons (Fsp3) is 0.412. The largest absolute Gasteiger partial charge is 0.481 e. The molecule has 1 aromatic rings. The van der Waals surface area contributed by atoms with E-state index in [1.165, 1.54) is 0 Å². The fourth-order valence-corrected chi connectivity index (χ4v) is 4.69. The van der Waals surface area contributed by atoms with E-state index in [1.807, 2.05) is 30.3 Å². The summed E-state index contributed by atoms with van der Waals surface area (Å²) in [6, 6.07) is 7.56. The minimum absolute atomic E-state index is 0.0278. The molecular formula is C17H16INO3. The topological polar surface area (TPSA) is 66.4 Å². The van der Waals surface area contributed by atoms with Gasteiger partial charge in [0.2, 0.25) is 5.91 Å². The Morgan fingerprint density at radius 3 is 2.23 bits per heavy atom. The van der Waals surface area contributed by atoms with Crippen LogP contribution in [0.25, 0.3) is 0 Å². The van der Waals surface area contributed by atoms with Crippen molar-refractivity contribution in [1.29, 1.82) is 0 Å². The van der Waals surface area contributed by atoms with E-state index in [9.17, 15) is 14.7 Å². The van der Waals surface area contributed by atoms with Crippen LogP contribution in [0.5, 0.6) is 0 Å². The summed E-state index contributed by atoms with van der Waals surface area (Å²) in [5, 5.41) is 12.5. The predicted molar refractivity (Wildman–Crippen MR) is 90.1 cm³/mol. The lowest BCUT2D eigenvalue weighted by atomic mass is 9.62. The van der Waals surface area contributed by atoms with E-state index >= 15 is 0 Å². The number of carbonyl (C=O) groups is 2. The van der Waals surface area contributed by atoms with Gasteiger partial charge >= 0.3 is 5.97 Å². The van der Waals surface area contributed by atoms with Crippen LogP contribution in [0.2, 0.25) is 0 Å². The van der Waals surface area contributed by atoms with Crippen molar-refractivity contribution in [3.05, 3.63) is 40.0 Å². The van der Waals surface area contributed by atoms with E-state index in [1.54, 1.807) is 0 Å². The Hall–Kier alpha value is -1.37. The molecule has 5 heteroatoms. The van der Waals surface area contributed by atoms with Crippen LogP contribution in [0.4, 0.5) is 5.69 Å². The van der Waals surface area contributed by atoms with Crippen LogP contribution in [0.3, 0.4) is 0 Å². The molecule has 0 aliphatic heterocycles. The normalized spacial score (nSPS) is 37.5. The van der Waals surface area contributed by atoms with Crippen molar-refractivity contribution in [1.82, 2.24) is 0 Å². The van der Waals surface area contributed by atoms with Crippen molar-refractivity contribution in [3.63, 3.8) is 0 Å². The highest BCUT2D eigenvalue weighted by Gasteiger charge is 2.62. The molecule has 0 heterocycles. The molecule has 0 radical (unpaired) electrons. The van der Waals surface area contributed by atoms with Crippen LogP contribution in [0.1, 0.15) is 6.42 Å². The highest BCUT2D eigenvalue weighted by molar-refractivity contribution is 14.1. The first-order valence-corrected chi connectivity index (χ1v) is 8.61. The second kappa shape index (κ2) is 5.08. The van der Waals surface area contributed by atoms with Crippen LogP contribution >= 0.6 is 22.6 Å². The monoisotopic (exact) mass is 409 g/mol. The van der Waals surface area contributed by atoms with Gasteiger partial charge in [0.05, 0.1) is 11.8 Å². The van der Waals surface area contributed by atoms with E-state index < -0.39 is 17.8 Å². The van der Waals surface area contributed by atoms with Crippen molar-refractivity contribution in [2.24, 2.45) is 35.5 Å². The average Bonchev–Trinajstić information content (AvgIpc) is 3.30. The second-order valence-corrected chi connectivity index (χ2v) is 7.73. The number of aliphatic carboxylic acids is 1. The number of rotatable bonds is 3. The second-order valence-electron chi connectivity index (χ2n) is 6.49. The molecule has 0 aromatic heterocycles. The number of anilines is 1. The number of carboxylic acid groups (broad SMARTS) is 1. The molecule has 4 aliphatic carbocycles. The molecular weight excluding hydrogens is 393 g/mol. The summed E-state index contributed by atoms with van der Waals surface area (Å²) in [6.07, 6.45) is 5.18. The van der Waals surface area contributed by atoms with Crippen LogP contribution in [0, 0.1) is 39.1 Å². The highest BCUT2D eigenvalue weighted by Crippen LogP contribution is 2.63. The van der Waals surface area contributed by atoms with E-state index in [2.05, 4.69) is 34.0 Å². The smallest absolute Gasteiger partial charge is 0.307 e. The molecule has 5 rings (SSSR count). The first kappa shape index (κ1) is 14.2. The SMILES string of the molecule is O=C(O)[C@@H]1[C@H]2C=C[C@@H]([C@@H]3C[C@@H]23)[C@@H]1C(=O)Nc1ccc(I)cc1. The number of hydrogen-bond donors (Lipinski definition) is 2. The van der Waals surface area contributed by atoms with E-state index in [-0.39, 0.29) is 17.7 Å². The predicted octanol–water partition coefficient (Wildman–Crippen LogP) is 3.00. The maximum Gasteiger partial charge on any atom is 0.307 e. The summed E-state index contributed by atoms with van der Waals surface area (Å²) in [5.41, 5.74) is 0.729. The van der Waals surface area contributed by atoms with Gasteiger partial charge in [0, 0.05) is 9.26 Å². The van der Waals surface area contributed by atoms with Gasteiger partial charge in [-0.3, -0.25) is 9.59 Å². The van der Waals surface area contributed by atoms with Gasteiger partial charge in [-0.2, -0.15) is 0 Å². The molecule has 1 aromatic carbocycles. The Kier molecular flexibility index (Phi) is 3.29. The number of allylic oxidation sites excluding steroid dienone is 2. The Bertz CT molecular complexity index is 669. The minimum Gasteiger partial charge on any atom is -0.481 e. The third-order valence-electron chi connectivity index (χ3n) is 5.35. The Labute approximate surface area is 142 Å². The van der Waals surface area contributed by atoms with Crippen LogP contribution in [0.15, 0.2) is 36.4 Å². The molecule has 0 saturated heterocycles. The maximum atomic E-state index is 12.7. The molecule has 2 saturated carbocycles. The maximum absolute atomic E-state index is 12.7.